The molecule has 0 fully saturated rings. The third-order valence-electron chi connectivity index (χ3n) is 2.97. The first-order valence-corrected chi connectivity index (χ1v) is 6.53. The molecule has 0 aliphatic heterocycles. The van der Waals surface area contributed by atoms with Gasteiger partial charge >= 0.3 is 5.97 Å². The molecule has 108 valence electrons. The van der Waals surface area contributed by atoms with Gasteiger partial charge in [-0.15, -0.1) is 0 Å². The monoisotopic (exact) mass is 284 g/mol. The van der Waals surface area contributed by atoms with Crippen molar-refractivity contribution in [2.75, 3.05) is 13.7 Å². The second-order valence-electron chi connectivity index (χ2n) is 4.63. The Kier molecular flexibility index (Phi) is 4.75. The molecule has 0 radical (unpaired) electrons. The van der Waals surface area contributed by atoms with Gasteiger partial charge in [-0.05, 0) is 19.1 Å². The lowest BCUT2D eigenvalue weighted by Gasteiger charge is -2.11. The van der Waals surface area contributed by atoms with Crippen LogP contribution in [0.2, 0.25) is 0 Å². The van der Waals surface area contributed by atoms with Crippen molar-refractivity contribution in [3.63, 3.8) is 0 Å². The minimum Gasteiger partial charge on any atom is -0.456 e. The zero-order valence-corrected chi connectivity index (χ0v) is 11.9. The Labute approximate surface area is 122 Å². The number of hydrogen-bond acceptors (Lipinski definition) is 4. The van der Waals surface area contributed by atoms with E-state index in [4.69, 9.17) is 14.7 Å². The number of aromatic amines is 1. The van der Waals surface area contributed by atoms with Crippen molar-refractivity contribution in [3.8, 4) is 6.07 Å². The molecule has 0 aliphatic rings. The number of rotatable bonds is 5. The molecule has 2 rings (SSSR count). The number of hydrogen-bond donors (Lipinski definition) is 1. The Hall–Kier alpha value is -2.58. The lowest BCUT2D eigenvalue weighted by molar-refractivity contribution is -0.145. The summed E-state index contributed by atoms with van der Waals surface area (Å²) < 4.78 is 10.0. The molecule has 21 heavy (non-hydrogen) atoms. The van der Waals surface area contributed by atoms with Gasteiger partial charge in [-0.2, -0.15) is 5.26 Å². The van der Waals surface area contributed by atoms with Crippen molar-refractivity contribution >= 4 is 22.9 Å². The number of methoxy groups -OCH3 is 1. The first-order chi connectivity index (χ1) is 10.2. The van der Waals surface area contributed by atoms with E-state index in [1.807, 2.05) is 30.3 Å². The zero-order valence-electron chi connectivity index (χ0n) is 11.9. The van der Waals surface area contributed by atoms with Crippen LogP contribution in [-0.2, 0) is 14.3 Å². The number of carbonyl (C=O) groups excluding carboxylic acids is 1. The molecule has 0 spiro atoms. The lowest BCUT2D eigenvalue weighted by Crippen LogP contribution is -2.20. The summed E-state index contributed by atoms with van der Waals surface area (Å²) in [5, 5.41) is 10.1. The normalized spacial score (nSPS) is 12.9. The van der Waals surface area contributed by atoms with E-state index in [-0.39, 0.29) is 12.2 Å². The van der Waals surface area contributed by atoms with Gasteiger partial charge in [-0.25, -0.2) is 4.79 Å². The first-order valence-electron chi connectivity index (χ1n) is 6.53. The summed E-state index contributed by atoms with van der Waals surface area (Å²) >= 11 is 0. The summed E-state index contributed by atoms with van der Waals surface area (Å²) in [4.78, 5) is 15.0. The van der Waals surface area contributed by atoms with Gasteiger partial charge in [0.1, 0.15) is 17.7 Å². The van der Waals surface area contributed by atoms with Crippen molar-refractivity contribution in [3.05, 3.63) is 41.6 Å². The molecule has 5 heteroatoms. The van der Waals surface area contributed by atoms with E-state index in [1.54, 1.807) is 13.1 Å². The number of benzene rings is 1. The second kappa shape index (κ2) is 6.73. The van der Waals surface area contributed by atoms with Gasteiger partial charge in [-0.3, -0.25) is 0 Å². The van der Waals surface area contributed by atoms with E-state index >= 15 is 0 Å². The van der Waals surface area contributed by atoms with E-state index in [0.29, 0.717) is 0 Å². The standard InChI is InChI=1S/C16H16N2O3/c1-11(10-20-2)21-16(19)12(8-17)7-13-9-18-15-6-4-3-5-14(13)15/h3-7,9,11,18H,10H2,1-2H3/b12-7+/t11-/m0/s1. The number of nitrogens with zero attached hydrogens (tertiary/aromatic N) is 1. The van der Waals surface area contributed by atoms with Gasteiger partial charge in [0.2, 0.25) is 0 Å². The van der Waals surface area contributed by atoms with Crippen LogP contribution in [-0.4, -0.2) is 30.8 Å². The van der Waals surface area contributed by atoms with E-state index in [1.165, 1.54) is 13.2 Å². The number of para-hydroxylation sites is 1. The number of nitriles is 1. The van der Waals surface area contributed by atoms with E-state index in [2.05, 4.69) is 4.98 Å². The summed E-state index contributed by atoms with van der Waals surface area (Å²) in [5.74, 6) is -0.646. The second-order valence-corrected chi connectivity index (χ2v) is 4.63. The molecule has 0 amide bonds. The Balaban J connectivity index is 2.25. The average molecular weight is 284 g/mol. The molecular formula is C16H16N2O3. The van der Waals surface area contributed by atoms with Crippen LogP contribution in [0, 0.1) is 11.3 Å². The zero-order chi connectivity index (χ0) is 15.2. The number of fused-ring (bicyclic) bond motifs is 1. The fraction of sp³-hybridized carbons (Fsp3) is 0.250. The molecule has 0 aliphatic carbocycles. The summed E-state index contributed by atoms with van der Waals surface area (Å²) in [5.41, 5.74) is 1.68. The summed E-state index contributed by atoms with van der Waals surface area (Å²) in [7, 11) is 1.53. The van der Waals surface area contributed by atoms with Crippen LogP contribution < -0.4 is 0 Å². The molecule has 1 aromatic heterocycles. The van der Waals surface area contributed by atoms with Crippen LogP contribution >= 0.6 is 0 Å². The minimum atomic E-state index is -0.646. The highest BCUT2D eigenvalue weighted by atomic mass is 16.6. The number of carbonyl (C=O) groups is 1. The molecule has 0 saturated carbocycles. The fourth-order valence-electron chi connectivity index (χ4n) is 2.02. The highest BCUT2D eigenvalue weighted by Crippen LogP contribution is 2.20. The van der Waals surface area contributed by atoms with Gasteiger partial charge in [0, 0.05) is 29.8 Å². The molecule has 0 unspecified atom stereocenters. The van der Waals surface area contributed by atoms with Crippen molar-refractivity contribution < 1.29 is 14.3 Å². The van der Waals surface area contributed by atoms with Crippen LogP contribution in [0.15, 0.2) is 36.0 Å². The maximum absolute atomic E-state index is 11.9. The quantitative estimate of drug-likeness (QED) is 0.520. The highest BCUT2D eigenvalue weighted by molar-refractivity contribution is 6.01. The van der Waals surface area contributed by atoms with Crippen LogP contribution in [0.5, 0.6) is 0 Å². The largest absolute Gasteiger partial charge is 0.456 e. The summed E-state index contributed by atoms with van der Waals surface area (Å²) in [6, 6.07) is 9.55. The van der Waals surface area contributed by atoms with Crippen molar-refractivity contribution in [1.29, 1.82) is 5.26 Å². The Morgan fingerprint density at radius 3 is 2.95 bits per heavy atom. The SMILES string of the molecule is COC[C@H](C)OC(=O)/C(C#N)=C/c1c[nH]c2ccccc12. The van der Waals surface area contributed by atoms with Crippen molar-refractivity contribution in [1.82, 2.24) is 4.98 Å². The van der Waals surface area contributed by atoms with Crippen LogP contribution in [0.1, 0.15) is 12.5 Å². The van der Waals surface area contributed by atoms with Crippen molar-refractivity contribution in [2.45, 2.75) is 13.0 Å². The molecule has 1 atom stereocenters. The van der Waals surface area contributed by atoms with Crippen LogP contribution in [0.25, 0.3) is 17.0 Å². The van der Waals surface area contributed by atoms with Gasteiger partial charge < -0.3 is 14.5 Å². The summed E-state index contributed by atoms with van der Waals surface area (Å²) in [6.07, 6.45) is 2.89. The molecule has 1 N–H and O–H groups in total. The molecule has 5 nitrogen and oxygen atoms in total. The molecule has 0 saturated heterocycles. The van der Waals surface area contributed by atoms with E-state index in [0.717, 1.165) is 16.5 Å². The summed E-state index contributed by atoms with van der Waals surface area (Å²) in [6.45, 7) is 2.00. The number of nitrogens with one attached hydrogen (secondary N) is 1. The predicted molar refractivity (Wildman–Crippen MR) is 79.3 cm³/mol. The van der Waals surface area contributed by atoms with Gasteiger partial charge in [0.25, 0.3) is 0 Å². The maximum atomic E-state index is 11.9. The van der Waals surface area contributed by atoms with Crippen LogP contribution in [0.3, 0.4) is 0 Å². The maximum Gasteiger partial charge on any atom is 0.349 e. The van der Waals surface area contributed by atoms with Crippen LogP contribution in [0.4, 0.5) is 0 Å². The van der Waals surface area contributed by atoms with Gasteiger partial charge in [0.05, 0.1) is 6.61 Å². The number of aromatic nitrogens is 1. The molecule has 0 bridgehead atoms. The van der Waals surface area contributed by atoms with E-state index in [9.17, 15) is 4.79 Å². The molecule has 2 aromatic rings. The average Bonchev–Trinajstić information content (AvgIpc) is 2.88. The number of ether oxygens (including phenoxy) is 2. The predicted octanol–water partition coefficient (Wildman–Crippen LogP) is 2.65. The topological polar surface area (TPSA) is 75.1 Å². The number of H-pyrrole nitrogens is 1. The minimum absolute atomic E-state index is 0.0392. The Bertz CT molecular complexity index is 710. The molecule has 1 aromatic carbocycles. The first kappa shape index (κ1) is 14.8. The van der Waals surface area contributed by atoms with Crippen molar-refractivity contribution in [2.24, 2.45) is 0 Å². The molecule has 1 heterocycles. The molecular weight excluding hydrogens is 268 g/mol. The van der Waals surface area contributed by atoms with Gasteiger partial charge in [0.15, 0.2) is 0 Å². The van der Waals surface area contributed by atoms with E-state index < -0.39 is 12.1 Å². The Morgan fingerprint density at radius 1 is 1.48 bits per heavy atom. The van der Waals surface area contributed by atoms with Gasteiger partial charge in [-0.1, -0.05) is 18.2 Å². The highest BCUT2D eigenvalue weighted by Gasteiger charge is 2.15. The smallest absolute Gasteiger partial charge is 0.349 e. The third-order valence-corrected chi connectivity index (χ3v) is 2.97. The third kappa shape index (κ3) is 3.50. The lowest BCUT2D eigenvalue weighted by atomic mass is 10.1. The fourth-order valence-corrected chi connectivity index (χ4v) is 2.02. The number of esters is 1. The Morgan fingerprint density at radius 2 is 2.24 bits per heavy atom.